The minimum Gasteiger partial charge on any atom is -0.494 e. The first-order valence-corrected chi connectivity index (χ1v) is 9.81. The third-order valence-corrected chi connectivity index (χ3v) is 4.86. The maximum absolute atomic E-state index is 13.0. The van der Waals surface area contributed by atoms with Gasteiger partial charge in [-0.25, -0.2) is 4.39 Å². The van der Waals surface area contributed by atoms with Crippen molar-refractivity contribution in [1.82, 2.24) is 10.2 Å². The van der Waals surface area contributed by atoms with Gasteiger partial charge < -0.3 is 15.0 Å². The zero-order valence-electron chi connectivity index (χ0n) is 16.4. The molecule has 0 bridgehead atoms. The minimum atomic E-state index is -0.369. The lowest BCUT2D eigenvalue weighted by Crippen LogP contribution is -2.46. The first-order chi connectivity index (χ1) is 14.0. The lowest BCUT2D eigenvalue weighted by atomic mass is 10.0. The topological polar surface area (TPSA) is 58.6 Å². The Balaban J connectivity index is 1.46. The standard InChI is InChI=1S/C23H25FN2O3/c1-2-29-21-10-3-17(4-11-21)5-12-22(27)26-15-13-20(14-16-26)25-23(28)18-6-8-19(24)9-7-18/h3-12,20H,2,13-16H2,1H3,(H,25,28)/b12-5+. The maximum Gasteiger partial charge on any atom is 0.251 e. The van der Waals surface area contributed by atoms with Gasteiger partial charge in [-0.05, 0) is 67.8 Å². The molecule has 0 saturated carbocycles. The molecule has 0 radical (unpaired) electrons. The predicted octanol–water partition coefficient (Wildman–Crippen LogP) is 3.66. The van der Waals surface area contributed by atoms with Gasteiger partial charge in [0.2, 0.25) is 5.91 Å². The number of benzene rings is 2. The van der Waals surface area contributed by atoms with Crippen molar-refractivity contribution < 1.29 is 18.7 Å². The molecule has 0 unspecified atom stereocenters. The molecule has 1 fully saturated rings. The van der Waals surface area contributed by atoms with E-state index in [0.717, 1.165) is 11.3 Å². The predicted molar refractivity (Wildman–Crippen MR) is 110 cm³/mol. The molecule has 29 heavy (non-hydrogen) atoms. The van der Waals surface area contributed by atoms with Crippen molar-refractivity contribution in [2.45, 2.75) is 25.8 Å². The molecular formula is C23H25FN2O3. The highest BCUT2D eigenvalue weighted by Gasteiger charge is 2.23. The highest BCUT2D eigenvalue weighted by atomic mass is 19.1. The van der Waals surface area contributed by atoms with E-state index >= 15 is 0 Å². The zero-order valence-corrected chi connectivity index (χ0v) is 16.4. The van der Waals surface area contributed by atoms with Crippen LogP contribution < -0.4 is 10.1 Å². The Kier molecular flexibility index (Phi) is 7.00. The van der Waals surface area contributed by atoms with E-state index in [1.807, 2.05) is 31.2 Å². The molecule has 2 aromatic rings. The van der Waals surface area contributed by atoms with Crippen LogP contribution in [0.15, 0.2) is 54.6 Å². The SMILES string of the molecule is CCOc1ccc(/C=C/C(=O)N2CCC(NC(=O)c3ccc(F)cc3)CC2)cc1. The molecule has 2 aromatic carbocycles. The smallest absolute Gasteiger partial charge is 0.251 e. The van der Waals surface area contributed by atoms with Gasteiger partial charge in [0.05, 0.1) is 6.61 Å². The first-order valence-electron chi connectivity index (χ1n) is 9.81. The number of amides is 2. The van der Waals surface area contributed by atoms with Crippen LogP contribution in [0.1, 0.15) is 35.7 Å². The highest BCUT2D eigenvalue weighted by molar-refractivity contribution is 5.94. The van der Waals surface area contributed by atoms with E-state index in [4.69, 9.17) is 4.74 Å². The van der Waals surface area contributed by atoms with Crippen LogP contribution >= 0.6 is 0 Å². The number of ether oxygens (including phenoxy) is 1. The van der Waals surface area contributed by atoms with Crippen LogP contribution in [-0.2, 0) is 4.79 Å². The van der Waals surface area contributed by atoms with Crippen molar-refractivity contribution in [3.8, 4) is 5.75 Å². The summed E-state index contributed by atoms with van der Waals surface area (Å²) in [6.07, 6.45) is 4.75. The second-order valence-corrected chi connectivity index (χ2v) is 6.92. The van der Waals surface area contributed by atoms with Gasteiger partial charge >= 0.3 is 0 Å². The summed E-state index contributed by atoms with van der Waals surface area (Å²) in [5.41, 5.74) is 1.37. The molecule has 1 aliphatic rings. The lowest BCUT2D eigenvalue weighted by molar-refractivity contribution is -0.126. The monoisotopic (exact) mass is 396 g/mol. The summed E-state index contributed by atoms with van der Waals surface area (Å²) in [5.74, 6) is 0.180. The summed E-state index contributed by atoms with van der Waals surface area (Å²) in [6, 6.07) is 13.1. The molecule has 152 valence electrons. The van der Waals surface area contributed by atoms with Crippen molar-refractivity contribution in [1.29, 1.82) is 0 Å². The number of carbonyl (C=O) groups excluding carboxylic acids is 2. The fourth-order valence-corrected chi connectivity index (χ4v) is 3.23. The normalized spacial score (nSPS) is 14.8. The molecule has 0 aliphatic carbocycles. The number of nitrogens with zero attached hydrogens (tertiary/aromatic N) is 1. The summed E-state index contributed by atoms with van der Waals surface area (Å²) in [6.45, 7) is 3.72. The largest absolute Gasteiger partial charge is 0.494 e. The summed E-state index contributed by atoms with van der Waals surface area (Å²) in [5, 5.41) is 2.96. The van der Waals surface area contributed by atoms with Crippen molar-refractivity contribution in [3.63, 3.8) is 0 Å². The van der Waals surface area contributed by atoms with Gasteiger partial charge in [-0.15, -0.1) is 0 Å². The molecule has 0 aromatic heterocycles. The van der Waals surface area contributed by atoms with Gasteiger partial charge in [0, 0.05) is 30.8 Å². The molecule has 3 rings (SSSR count). The molecule has 1 heterocycles. The molecule has 2 amide bonds. The Morgan fingerprint density at radius 2 is 1.76 bits per heavy atom. The molecule has 0 atom stereocenters. The fourth-order valence-electron chi connectivity index (χ4n) is 3.23. The average molecular weight is 396 g/mol. The van der Waals surface area contributed by atoms with E-state index in [2.05, 4.69) is 5.32 Å². The van der Waals surface area contributed by atoms with Gasteiger partial charge in [-0.1, -0.05) is 12.1 Å². The number of nitrogens with one attached hydrogen (secondary N) is 1. The summed E-state index contributed by atoms with van der Waals surface area (Å²) >= 11 is 0. The lowest BCUT2D eigenvalue weighted by Gasteiger charge is -2.31. The van der Waals surface area contributed by atoms with Gasteiger partial charge in [-0.2, -0.15) is 0 Å². The molecule has 1 aliphatic heterocycles. The molecular weight excluding hydrogens is 371 g/mol. The Hall–Kier alpha value is -3.15. The van der Waals surface area contributed by atoms with E-state index in [-0.39, 0.29) is 23.7 Å². The Morgan fingerprint density at radius 3 is 2.38 bits per heavy atom. The van der Waals surface area contributed by atoms with E-state index < -0.39 is 0 Å². The second kappa shape index (κ2) is 9.87. The van der Waals surface area contributed by atoms with Crippen LogP contribution in [0.25, 0.3) is 6.08 Å². The van der Waals surface area contributed by atoms with Crippen LogP contribution in [0, 0.1) is 5.82 Å². The van der Waals surface area contributed by atoms with Crippen molar-refractivity contribution >= 4 is 17.9 Å². The van der Waals surface area contributed by atoms with E-state index in [9.17, 15) is 14.0 Å². The zero-order chi connectivity index (χ0) is 20.6. The summed E-state index contributed by atoms with van der Waals surface area (Å²) in [7, 11) is 0. The molecule has 6 heteroatoms. The van der Waals surface area contributed by atoms with Crippen molar-refractivity contribution in [2.24, 2.45) is 0 Å². The summed E-state index contributed by atoms with van der Waals surface area (Å²) < 4.78 is 18.4. The number of piperidine rings is 1. The fraction of sp³-hybridized carbons (Fsp3) is 0.304. The van der Waals surface area contributed by atoms with Gasteiger partial charge in [0.25, 0.3) is 5.91 Å². The molecule has 0 spiro atoms. The van der Waals surface area contributed by atoms with Crippen LogP contribution in [0.2, 0.25) is 0 Å². The third kappa shape index (κ3) is 5.91. The van der Waals surface area contributed by atoms with Crippen LogP contribution in [-0.4, -0.2) is 42.5 Å². The maximum atomic E-state index is 13.0. The van der Waals surface area contributed by atoms with Crippen molar-refractivity contribution in [3.05, 3.63) is 71.6 Å². The van der Waals surface area contributed by atoms with Gasteiger partial charge in [-0.3, -0.25) is 9.59 Å². The quantitative estimate of drug-likeness (QED) is 0.758. The van der Waals surface area contributed by atoms with E-state index in [1.165, 1.54) is 24.3 Å². The van der Waals surface area contributed by atoms with Gasteiger partial charge in [0.15, 0.2) is 0 Å². The minimum absolute atomic E-state index is 0.00620. The third-order valence-electron chi connectivity index (χ3n) is 4.86. The highest BCUT2D eigenvalue weighted by Crippen LogP contribution is 2.15. The second-order valence-electron chi connectivity index (χ2n) is 6.92. The van der Waals surface area contributed by atoms with Gasteiger partial charge in [0.1, 0.15) is 11.6 Å². The van der Waals surface area contributed by atoms with E-state index in [0.29, 0.717) is 38.1 Å². The van der Waals surface area contributed by atoms with Crippen molar-refractivity contribution in [2.75, 3.05) is 19.7 Å². The number of hydrogen-bond donors (Lipinski definition) is 1. The summed E-state index contributed by atoms with van der Waals surface area (Å²) in [4.78, 5) is 26.4. The van der Waals surface area contributed by atoms with Crippen LogP contribution in [0.4, 0.5) is 4.39 Å². The molecule has 5 nitrogen and oxygen atoms in total. The number of carbonyl (C=O) groups is 2. The van der Waals surface area contributed by atoms with Crippen LogP contribution in [0.3, 0.4) is 0 Å². The Morgan fingerprint density at radius 1 is 1.10 bits per heavy atom. The Bertz CT molecular complexity index is 855. The first kappa shape index (κ1) is 20.6. The number of rotatable bonds is 6. The van der Waals surface area contributed by atoms with E-state index in [1.54, 1.807) is 17.1 Å². The Labute approximate surface area is 170 Å². The number of halogens is 1. The molecule has 1 N–H and O–H groups in total. The number of hydrogen-bond acceptors (Lipinski definition) is 3. The molecule has 1 saturated heterocycles. The number of likely N-dealkylation sites (tertiary alicyclic amines) is 1. The van der Waals surface area contributed by atoms with Crippen LogP contribution in [0.5, 0.6) is 5.75 Å². The average Bonchev–Trinajstić information content (AvgIpc) is 2.74.